The third kappa shape index (κ3) is 5.25. The highest BCUT2D eigenvalue weighted by molar-refractivity contribution is 6.31. The Morgan fingerprint density at radius 2 is 1.95 bits per heavy atom. The molecule has 1 rings (SSSR count). The van der Waals surface area contributed by atoms with Crippen LogP contribution in [0.25, 0.3) is 0 Å². The first-order valence-electron chi connectivity index (χ1n) is 6.32. The Hall–Kier alpha value is -2.28. The number of rotatable bonds is 6. The van der Waals surface area contributed by atoms with Crippen molar-refractivity contribution in [2.45, 2.75) is 0 Å². The largest absolute Gasteiger partial charge is 0.496 e. The molecule has 0 unspecified atom stereocenters. The summed E-state index contributed by atoms with van der Waals surface area (Å²) in [4.78, 5) is 36.1. The zero-order valence-corrected chi connectivity index (χ0v) is 13.3. The van der Waals surface area contributed by atoms with E-state index in [-0.39, 0.29) is 23.8 Å². The Labute approximate surface area is 133 Å². The molecule has 0 spiro atoms. The van der Waals surface area contributed by atoms with Crippen molar-refractivity contribution in [1.82, 2.24) is 10.2 Å². The maximum absolute atomic E-state index is 11.9. The molecule has 0 saturated carbocycles. The van der Waals surface area contributed by atoms with Crippen LogP contribution in [0.3, 0.4) is 0 Å². The van der Waals surface area contributed by atoms with Gasteiger partial charge in [0.1, 0.15) is 11.3 Å². The van der Waals surface area contributed by atoms with Gasteiger partial charge in [-0.3, -0.25) is 9.59 Å². The summed E-state index contributed by atoms with van der Waals surface area (Å²) < 4.78 is 9.89. The van der Waals surface area contributed by atoms with Gasteiger partial charge in [0, 0.05) is 19.1 Å². The second kappa shape index (κ2) is 8.23. The molecule has 0 aromatic heterocycles. The molecule has 0 aliphatic heterocycles. The molecule has 120 valence electrons. The topological polar surface area (TPSA) is 84.9 Å². The van der Waals surface area contributed by atoms with Crippen molar-refractivity contribution in [3.63, 3.8) is 0 Å². The number of nitrogens with zero attached hydrogens (tertiary/aromatic N) is 1. The zero-order chi connectivity index (χ0) is 16.7. The van der Waals surface area contributed by atoms with E-state index in [1.54, 1.807) is 20.2 Å². The molecule has 1 N–H and O–H groups in total. The minimum absolute atomic E-state index is 0.118. The molecule has 0 saturated heterocycles. The van der Waals surface area contributed by atoms with Gasteiger partial charge < -0.3 is 19.7 Å². The molecule has 2 amide bonds. The first kappa shape index (κ1) is 17.8. The van der Waals surface area contributed by atoms with E-state index in [2.05, 4.69) is 5.32 Å². The Balaban J connectivity index is 2.54. The molecule has 0 bridgehead atoms. The van der Waals surface area contributed by atoms with Crippen LogP contribution in [0.4, 0.5) is 0 Å². The number of esters is 1. The maximum atomic E-state index is 11.9. The quantitative estimate of drug-likeness (QED) is 0.777. The molecule has 0 heterocycles. The highest BCUT2D eigenvalue weighted by Gasteiger charge is 2.16. The van der Waals surface area contributed by atoms with Gasteiger partial charge in [0.05, 0.1) is 13.7 Å². The van der Waals surface area contributed by atoms with Gasteiger partial charge in [-0.05, 0) is 18.2 Å². The number of hydrogen-bond donors (Lipinski definition) is 1. The van der Waals surface area contributed by atoms with Crippen LogP contribution in [-0.2, 0) is 14.3 Å². The van der Waals surface area contributed by atoms with Crippen LogP contribution >= 0.6 is 11.6 Å². The van der Waals surface area contributed by atoms with Gasteiger partial charge in [0.15, 0.2) is 6.61 Å². The molecule has 0 aliphatic rings. The smallest absolute Gasteiger partial charge is 0.342 e. The lowest BCUT2D eigenvalue weighted by Crippen LogP contribution is -2.38. The Morgan fingerprint density at radius 1 is 1.27 bits per heavy atom. The lowest BCUT2D eigenvalue weighted by molar-refractivity contribution is -0.131. The second-order valence-electron chi connectivity index (χ2n) is 4.49. The monoisotopic (exact) mass is 328 g/mol. The average Bonchev–Trinajstić information content (AvgIpc) is 2.49. The fourth-order valence-electron chi connectivity index (χ4n) is 1.43. The molecular formula is C14H17ClN2O5. The van der Waals surface area contributed by atoms with Crippen molar-refractivity contribution in [1.29, 1.82) is 0 Å². The Morgan fingerprint density at radius 3 is 2.55 bits per heavy atom. The summed E-state index contributed by atoms with van der Waals surface area (Å²) in [6.45, 7) is -0.668. The number of methoxy groups -OCH3 is 1. The van der Waals surface area contributed by atoms with Crippen molar-refractivity contribution in [3.05, 3.63) is 28.8 Å². The number of carbonyl (C=O) groups is 3. The standard InChI is InChI=1S/C14H17ClN2O5/c1-17(2)13(19)7-16-12(18)8-22-14(20)10-6-9(15)4-5-11(10)21-3/h4-6H,7-8H2,1-3H3,(H,16,18). The second-order valence-corrected chi connectivity index (χ2v) is 4.92. The summed E-state index contributed by atoms with van der Waals surface area (Å²) in [6.07, 6.45) is 0. The van der Waals surface area contributed by atoms with Crippen LogP contribution in [0.15, 0.2) is 18.2 Å². The minimum Gasteiger partial charge on any atom is -0.496 e. The lowest BCUT2D eigenvalue weighted by atomic mass is 10.2. The summed E-state index contributed by atoms with van der Waals surface area (Å²) in [5.74, 6) is -1.30. The van der Waals surface area contributed by atoms with Crippen molar-refractivity contribution in [3.8, 4) is 5.75 Å². The van der Waals surface area contributed by atoms with Crippen LogP contribution in [0.5, 0.6) is 5.75 Å². The lowest BCUT2D eigenvalue weighted by Gasteiger charge is -2.11. The molecule has 0 radical (unpaired) electrons. The number of halogens is 1. The van der Waals surface area contributed by atoms with Gasteiger partial charge in [0.25, 0.3) is 5.91 Å². The number of carbonyl (C=O) groups excluding carboxylic acids is 3. The van der Waals surface area contributed by atoms with E-state index in [1.165, 1.54) is 24.1 Å². The number of benzene rings is 1. The van der Waals surface area contributed by atoms with Crippen molar-refractivity contribution in [2.24, 2.45) is 0 Å². The third-order valence-corrected chi connectivity index (χ3v) is 2.89. The van der Waals surface area contributed by atoms with Crippen LogP contribution in [-0.4, -0.2) is 57.0 Å². The molecule has 0 aliphatic carbocycles. The van der Waals surface area contributed by atoms with Gasteiger partial charge >= 0.3 is 5.97 Å². The first-order valence-corrected chi connectivity index (χ1v) is 6.70. The Kier molecular flexibility index (Phi) is 6.65. The van der Waals surface area contributed by atoms with Crippen LogP contribution in [0.2, 0.25) is 5.02 Å². The minimum atomic E-state index is -0.742. The molecule has 0 fully saturated rings. The fraction of sp³-hybridized carbons (Fsp3) is 0.357. The third-order valence-electron chi connectivity index (χ3n) is 2.65. The van der Waals surface area contributed by atoms with Gasteiger partial charge in [-0.1, -0.05) is 11.6 Å². The van der Waals surface area contributed by atoms with Crippen molar-refractivity contribution >= 4 is 29.4 Å². The summed E-state index contributed by atoms with van der Waals surface area (Å²) in [6, 6.07) is 4.47. The average molecular weight is 329 g/mol. The maximum Gasteiger partial charge on any atom is 0.342 e. The molecule has 7 nitrogen and oxygen atoms in total. The van der Waals surface area contributed by atoms with E-state index in [0.29, 0.717) is 5.02 Å². The van der Waals surface area contributed by atoms with Gasteiger partial charge in [-0.25, -0.2) is 4.79 Å². The number of nitrogens with one attached hydrogen (secondary N) is 1. The predicted octanol–water partition coefficient (Wildman–Crippen LogP) is 0.710. The number of likely N-dealkylation sites (N-methyl/N-ethyl adjacent to an activating group) is 1. The summed E-state index contributed by atoms with van der Waals surface area (Å²) in [5, 5.41) is 2.69. The molecule has 0 atom stereocenters. The van der Waals surface area contributed by atoms with E-state index < -0.39 is 18.5 Å². The normalized spacial score (nSPS) is 9.82. The van der Waals surface area contributed by atoms with Crippen LogP contribution < -0.4 is 10.1 Å². The number of hydrogen-bond acceptors (Lipinski definition) is 5. The first-order chi connectivity index (χ1) is 10.3. The van der Waals surface area contributed by atoms with Crippen LogP contribution in [0.1, 0.15) is 10.4 Å². The van der Waals surface area contributed by atoms with Gasteiger partial charge in [-0.2, -0.15) is 0 Å². The van der Waals surface area contributed by atoms with Crippen molar-refractivity contribution < 1.29 is 23.9 Å². The van der Waals surface area contributed by atoms with Gasteiger partial charge in [-0.15, -0.1) is 0 Å². The molecular weight excluding hydrogens is 312 g/mol. The fourth-order valence-corrected chi connectivity index (χ4v) is 1.60. The predicted molar refractivity (Wildman–Crippen MR) is 80.0 cm³/mol. The SMILES string of the molecule is COc1ccc(Cl)cc1C(=O)OCC(=O)NCC(=O)N(C)C. The summed E-state index contributed by atoms with van der Waals surface area (Å²) in [5.41, 5.74) is 0.118. The number of ether oxygens (including phenoxy) is 2. The molecule has 1 aromatic rings. The highest BCUT2D eigenvalue weighted by Crippen LogP contribution is 2.23. The van der Waals surface area contributed by atoms with Crippen LogP contribution in [0, 0.1) is 0 Å². The molecule has 8 heteroatoms. The Bertz CT molecular complexity index is 574. The van der Waals surface area contributed by atoms with E-state index in [9.17, 15) is 14.4 Å². The van der Waals surface area contributed by atoms with Crippen molar-refractivity contribution in [2.75, 3.05) is 34.4 Å². The summed E-state index contributed by atoms with van der Waals surface area (Å²) >= 11 is 5.81. The molecule has 22 heavy (non-hydrogen) atoms. The molecule has 1 aromatic carbocycles. The highest BCUT2D eigenvalue weighted by atomic mass is 35.5. The zero-order valence-electron chi connectivity index (χ0n) is 12.5. The van der Waals surface area contributed by atoms with Gasteiger partial charge in [0.2, 0.25) is 5.91 Å². The van der Waals surface area contributed by atoms with E-state index in [0.717, 1.165) is 0 Å². The number of amides is 2. The van der Waals surface area contributed by atoms with E-state index >= 15 is 0 Å². The summed E-state index contributed by atoms with van der Waals surface area (Å²) in [7, 11) is 4.54. The van der Waals surface area contributed by atoms with E-state index in [4.69, 9.17) is 21.1 Å². The van der Waals surface area contributed by atoms with E-state index in [1.807, 2.05) is 0 Å².